The second kappa shape index (κ2) is 12.6. The van der Waals surface area contributed by atoms with Gasteiger partial charge < -0.3 is 20.1 Å². The number of nitrogens with one attached hydrogen (secondary N) is 3. The van der Waals surface area contributed by atoms with E-state index in [1.165, 1.54) is 13.3 Å². The number of rotatable bonds is 9. The van der Waals surface area contributed by atoms with E-state index in [0.29, 0.717) is 29.2 Å². The third-order valence-corrected chi connectivity index (χ3v) is 5.45. The van der Waals surface area contributed by atoms with Crippen LogP contribution in [0.2, 0.25) is 0 Å². The normalized spacial score (nSPS) is 11.5. The van der Waals surface area contributed by atoms with E-state index in [4.69, 9.17) is 9.47 Å². The first-order valence-corrected chi connectivity index (χ1v) is 11.0. The molecule has 3 amide bonds. The molecule has 0 aliphatic heterocycles. The van der Waals surface area contributed by atoms with Gasteiger partial charge in [0, 0.05) is 16.2 Å². The number of aryl methyl sites for hydroxylation is 1. The highest BCUT2D eigenvalue weighted by atomic mass is 79.9. The molecular formula is C23H27BrN4O5. The van der Waals surface area contributed by atoms with Gasteiger partial charge >= 0.3 is 11.8 Å². The van der Waals surface area contributed by atoms with Gasteiger partial charge in [-0.1, -0.05) is 22.9 Å². The van der Waals surface area contributed by atoms with Crippen molar-refractivity contribution in [1.29, 1.82) is 0 Å². The van der Waals surface area contributed by atoms with Crippen molar-refractivity contribution in [1.82, 2.24) is 10.7 Å². The van der Waals surface area contributed by atoms with Crippen LogP contribution >= 0.6 is 15.9 Å². The minimum atomic E-state index is -0.856. The molecule has 0 aliphatic rings. The molecule has 0 spiro atoms. The number of hydrazone groups is 1. The lowest BCUT2D eigenvalue weighted by molar-refractivity contribution is -0.139. The third-order valence-electron chi connectivity index (χ3n) is 4.56. The summed E-state index contributed by atoms with van der Waals surface area (Å²) in [6.07, 6.45) is 2.07. The lowest BCUT2D eigenvalue weighted by atomic mass is 10.2. The van der Waals surface area contributed by atoms with Crippen LogP contribution in [-0.4, -0.2) is 43.7 Å². The predicted molar refractivity (Wildman–Crippen MR) is 130 cm³/mol. The SMILES string of the molecule is CC[C@H](C)NC(=O)C(=O)N/N=C\c1ccc(OCC(=O)Nc2ccc(Br)c(C)c2)c(OC)c1. The van der Waals surface area contributed by atoms with Crippen LogP contribution < -0.4 is 25.5 Å². The van der Waals surface area contributed by atoms with Crippen LogP contribution in [0.3, 0.4) is 0 Å². The average molecular weight is 519 g/mol. The third kappa shape index (κ3) is 8.23. The van der Waals surface area contributed by atoms with Crippen molar-refractivity contribution in [3.05, 3.63) is 52.0 Å². The van der Waals surface area contributed by atoms with Crippen molar-refractivity contribution >= 4 is 45.6 Å². The van der Waals surface area contributed by atoms with Crippen LogP contribution in [-0.2, 0) is 14.4 Å². The van der Waals surface area contributed by atoms with Crippen molar-refractivity contribution in [3.63, 3.8) is 0 Å². The zero-order valence-electron chi connectivity index (χ0n) is 18.9. The number of ether oxygens (including phenoxy) is 2. The lowest BCUT2D eigenvalue weighted by Crippen LogP contribution is -2.41. The maximum Gasteiger partial charge on any atom is 0.329 e. The van der Waals surface area contributed by atoms with E-state index in [9.17, 15) is 14.4 Å². The molecule has 0 bridgehead atoms. The molecule has 0 aliphatic carbocycles. The first-order chi connectivity index (χ1) is 15.7. The second-order valence-corrected chi connectivity index (χ2v) is 8.05. The number of hydrogen-bond acceptors (Lipinski definition) is 6. The maximum atomic E-state index is 12.2. The molecule has 2 aromatic rings. The van der Waals surface area contributed by atoms with Crippen molar-refractivity contribution in [2.24, 2.45) is 5.10 Å². The number of nitrogens with zero attached hydrogens (tertiary/aromatic N) is 1. The van der Waals surface area contributed by atoms with Gasteiger partial charge in [0.25, 0.3) is 5.91 Å². The maximum absolute atomic E-state index is 12.2. The first-order valence-electron chi connectivity index (χ1n) is 10.2. The van der Waals surface area contributed by atoms with Crippen LogP contribution in [0.1, 0.15) is 31.4 Å². The fourth-order valence-electron chi connectivity index (χ4n) is 2.55. The summed E-state index contributed by atoms with van der Waals surface area (Å²) in [6, 6.07) is 10.3. The summed E-state index contributed by atoms with van der Waals surface area (Å²) < 4.78 is 11.8. The number of carbonyl (C=O) groups excluding carboxylic acids is 3. The molecule has 0 saturated heterocycles. The van der Waals surface area contributed by atoms with Crippen molar-refractivity contribution in [2.75, 3.05) is 19.0 Å². The fourth-order valence-corrected chi connectivity index (χ4v) is 2.80. The summed E-state index contributed by atoms with van der Waals surface area (Å²) in [5.41, 5.74) is 4.44. The zero-order chi connectivity index (χ0) is 24.4. The van der Waals surface area contributed by atoms with E-state index in [-0.39, 0.29) is 18.6 Å². The van der Waals surface area contributed by atoms with Crippen LogP contribution in [0, 0.1) is 6.92 Å². The van der Waals surface area contributed by atoms with E-state index in [2.05, 4.69) is 37.1 Å². The second-order valence-electron chi connectivity index (χ2n) is 7.19. The summed E-state index contributed by atoms with van der Waals surface area (Å²) >= 11 is 3.42. The summed E-state index contributed by atoms with van der Waals surface area (Å²) in [5.74, 6) is -1.17. The molecule has 0 saturated carbocycles. The minimum Gasteiger partial charge on any atom is -0.493 e. The van der Waals surface area contributed by atoms with Gasteiger partial charge in [0.2, 0.25) is 0 Å². The Kier molecular flexibility index (Phi) is 9.86. The Morgan fingerprint density at radius 1 is 1.12 bits per heavy atom. The van der Waals surface area contributed by atoms with E-state index in [0.717, 1.165) is 10.0 Å². The highest BCUT2D eigenvalue weighted by Crippen LogP contribution is 2.27. The number of methoxy groups -OCH3 is 1. The number of hydrogen-bond donors (Lipinski definition) is 3. The van der Waals surface area contributed by atoms with E-state index < -0.39 is 11.8 Å². The summed E-state index contributed by atoms with van der Waals surface area (Å²) in [5, 5.41) is 9.11. The molecule has 2 aromatic carbocycles. The van der Waals surface area contributed by atoms with E-state index in [1.807, 2.05) is 26.0 Å². The largest absolute Gasteiger partial charge is 0.493 e. The molecular weight excluding hydrogens is 492 g/mol. The number of halogens is 1. The van der Waals surface area contributed by atoms with Crippen molar-refractivity contribution in [3.8, 4) is 11.5 Å². The Labute approximate surface area is 201 Å². The Bertz CT molecular complexity index is 1040. The van der Waals surface area contributed by atoms with Gasteiger partial charge in [-0.15, -0.1) is 0 Å². The Balaban J connectivity index is 1.92. The number of anilines is 1. The molecule has 10 heteroatoms. The van der Waals surface area contributed by atoms with Gasteiger partial charge in [0.1, 0.15) is 0 Å². The van der Waals surface area contributed by atoms with Gasteiger partial charge in [-0.2, -0.15) is 5.10 Å². The smallest absolute Gasteiger partial charge is 0.329 e. The van der Waals surface area contributed by atoms with Gasteiger partial charge in [0.05, 0.1) is 13.3 Å². The van der Waals surface area contributed by atoms with Gasteiger partial charge in [0.15, 0.2) is 18.1 Å². The fraction of sp³-hybridized carbons (Fsp3) is 0.304. The highest BCUT2D eigenvalue weighted by molar-refractivity contribution is 9.10. The monoisotopic (exact) mass is 518 g/mol. The summed E-state index contributed by atoms with van der Waals surface area (Å²) in [7, 11) is 1.47. The van der Waals surface area contributed by atoms with Crippen LogP contribution in [0.4, 0.5) is 5.69 Å². The van der Waals surface area contributed by atoms with Crippen molar-refractivity contribution < 1.29 is 23.9 Å². The standard InChI is InChI=1S/C23H27BrN4O5/c1-5-15(3)26-22(30)23(31)28-25-12-16-6-9-19(20(11-16)32-4)33-13-21(29)27-17-7-8-18(24)14(2)10-17/h6-12,15H,5,13H2,1-4H3,(H,26,30)(H,27,29)(H,28,31)/b25-12-/t15-/m0/s1. The lowest BCUT2D eigenvalue weighted by Gasteiger charge is -2.12. The Morgan fingerprint density at radius 2 is 1.88 bits per heavy atom. The molecule has 9 nitrogen and oxygen atoms in total. The molecule has 0 fully saturated rings. The molecule has 0 unspecified atom stereocenters. The average Bonchev–Trinajstić information content (AvgIpc) is 2.80. The first kappa shape index (κ1) is 25.9. The molecule has 3 N–H and O–H groups in total. The molecule has 2 rings (SSSR count). The molecule has 176 valence electrons. The van der Waals surface area contributed by atoms with Gasteiger partial charge in [-0.05, 0) is 67.8 Å². The molecule has 0 radical (unpaired) electrons. The quantitative estimate of drug-likeness (QED) is 0.267. The zero-order valence-corrected chi connectivity index (χ0v) is 20.5. The summed E-state index contributed by atoms with van der Waals surface area (Å²) in [6.45, 7) is 5.42. The van der Waals surface area contributed by atoms with Gasteiger partial charge in [-0.25, -0.2) is 5.43 Å². The van der Waals surface area contributed by atoms with Gasteiger partial charge in [-0.3, -0.25) is 14.4 Å². The minimum absolute atomic E-state index is 0.106. The van der Waals surface area contributed by atoms with Crippen molar-refractivity contribution in [2.45, 2.75) is 33.2 Å². The molecule has 0 aromatic heterocycles. The topological polar surface area (TPSA) is 118 Å². The Morgan fingerprint density at radius 3 is 2.55 bits per heavy atom. The summed E-state index contributed by atoms with van der Waals surface area (Å²) in [4.78, 5) is 35.7. The van der Waals surface area contributed by atoms with E-state index >= 15 is 0 Å². The van der Waals surface area contributed by atoms with Crippen LogP contribution in [0.5, 0.6) is 11.5 Å². The number of benzene rings is 2. The predicted octanol–water partition coefficient (Wildman–Crippen LogP) is 3.15. The number of amides is 3. The molecule has 0 heterocycles. The Hall–Kier alpha value is -3.40. The van der Waals surface area contributed by atoms with Crippen LogP contribution in [0.25, 0.3) is 0 Å². The number of carbonyl (C=O) groups is 3. The molecule has 33 heavy (non-hydrogen) atoms. The van der Waals surface area contributed by atoms with Crippen LogP contribution in [0.15, 0.2) is 46.0 Å². The molecule has 1 atom stereocenters. The van der Waals surface area contributed by atoms with E-state index in [1.54, 1.807) is 31.2 Å². The highest BCUT2D eigenvalue weighted by Gasteiger charge is 2.14.